The van der Waals surface area contributed by atoms with Gasteiger partial charge in [0.05, 0.1) is 18.9 Å². The zero-order valence-electron chi connectivity index (χ0n) is 17.0. The van der Waals surface area contributed by atoms with Gasteiger partial charge in [-0.05, 0) is 73.1 Å². The van der Waals surface area contributed by atoms with Crippen LogP contribution in [0.5, 0.6) is 0 Å². The van der Waals surface area contributed by atoms with Crippen molar-refractivity contribution in [3.8, 4) is 0 Å². The Balaban J connectivity index is 1.62. The Morgan fingerprint density at radius 3 is 2.23 bits per heavy atom. The second-order valence-corrected chi connectivity index (χ2v) is 7.88. The maximum Gasteiger partial charge on any atom is 0.270 e. The first kappa shape index (κ1) is 20.3. The summed E-state index contributed by atoms with van der Waals surface area (Å²) in [7, 11) is 0. The van der Waals surface area contributed by atoms with Gasteiger partial charge in [0, 0.05) is 18.8 Å². The van der Waals surface area contributed by atoms with Gasteiger partial charge in [0.1, 0.15) is 5.57 Å². The quantitative estimate of drug-likeness (QED) is 0.469. The van der Waals surface area contributed by atoms with Crippen LogP contribution in [0.2, 0.25) is 0 Å². The van der Waals surface area contributed by atoms with Gasteiger partial charge >= 0.3 is 0 Å². The largest absolute Gasteiger partial charge is 0.378 e. The molecule has 4 rings (SSSR count). The SMILES string of the molecule is Cc1cc(C)cc(N2C(=O)/C(=C/c3ccc(N4CCOCC4)cc3)C(=O)NC2=S)c1. The lowest BCUT2D eigenvalue weighted by Crippen LogP contribution is -2.54. The topological polar surface area (TPSA) is 61.9 Å². The molecule has 0 aliphatic carbocycles. The molecule has 2 aliphatic heterocycles. The van der Waals surface area contributed by atoms with Gasteiger partial charge in [0.25, 0.3) is 11.8 Å². The molecule has 2 aromatic rings. The summed E-state index contributed by atoms with van der Waals surface area (Å²) in [4.78, 5) is 29.3. The number of thiocarbonyl (C=S) groups is 1. The van der Waals surface area contributed by atoms with E-state index in [4.69, 9.17) is 17.0 Å². The zero-order valence-corrected chi connectivity index (χ0v) is 17.8. The van der Waals surface area contributed by atoms with Gasteiger partial charge in [-0.25, -0.2) is 0 Å². The van der Waals surface area contributed by atoms with Crippen LogP contribution < -0.4 is 15.1 Å². The van der Waals surface area contributed by atoms with Gasteiger partial charge < -0.3 is 9.64 Å². The fourth-order valence-corrected chi connectivity index (χ4v) is 4.02. The average Bonchev–Trinajstić information content (AvgIpc) is 2.71. The van der Waals surface area contributed by atoms with Crippen LogP contribution in [0.4, 0.5) is 11.4 Å². The Bertz CT molecular complexity index is 1020. The highest BCUT2D eigenvalue weighted by molar-refractivity contribution is 7.80. The lowest BCUT2D eigenvalue weighted by atomic mass is 10.1. The number of amides is 2. The monoisotopic (exact) mass is 421 g/mol. The number of hydrogen-bond donors (Lipinski definition) is 1. The van der Waals surface area contributed by atoms with Crippen molar-refractivity contribution in [2.45, 2.75) is 13.8 Å². The van der Waals surface area contributed by atoms with Crippen molar-refractivity contribution in [1.29, 1.82) is 0 Å². The molecule has 2 aliphatic rings. The highest BCUT2D eigenvalue weighted by atomic mass is 32.1. The van der Waals surface area contributed by atoms with Crippen molar-refractivity contribution in [3.63, 3.8) is 0 Å². The molecule has 0 spiro atoms. The summed E-state index contributed by atoms with van der Waals surface area (Å²) in [5.41, 5.74) is 4.61. The maximum absolute atomic E-state index is 13.2. The third-order valence-electron chi connectivity index (χ3n) is 5.15. The fourth-order valence-electron chi connectivity index (χ4n) is 3.74. The Hall–Kier alpha value is -3.03. The fraction of sp³-hybridized carbons (Fsp3) is 0.261. The van der Waals surface area contributed by atoms with Crippen LogP contribution >= 0.6 is 12.2 Å². The summed E-state index contributed by atoms with van der Waals surface area (Å²) in [6, 6.07) is 13.6. The molecule has 2 heterocycles. The van der Waals surface area contributed by atoms with E-state index < -0.39 is 11.8 Å². The third-order valence-corrected chi connectivity index (χ3v) is 5.43. The van der Waals surface area contributed by atoms with E-state index in [2.05, 4.69) is 10.2 Å². The molecule has 2 saturated heterocycles. The number of rotatable bonds is 3. The zero-order chi connectivity index (χ0) is 21.3. The summed E-state index contributed by atoms with van der Waals surface area (Å²) < 4.78 is 5.39. The van der Waals surface area contributed by atoms with Gasteiger partial charge in [-0.3, -0.25) is 19.8 Å². The van der Waals surface area contributed by atoms with Gasteiger partial charge in [-0.1, -0.05) is 18.2 Å². The molecule has 0 aromatic heterocycles. The van der Waals surface area contributed by atoms with Crippen LogP contribution in [0.1, 0.15) is 16.7 Å². The molecule has 154 valence electrons. The summed E-state index contributed by atoms with van der Waals surface area (Å²) in [5.74, 6) is -0.908. The number of carbonyl (C=O) groups excluding carboxylic acids is 2. The van der Waals surface area contributed by atoms with Crippen LogP contribution in [-0.2, 0) is 14.3 Å². The predicted octanol–water partition coefficient (Wildman–Crippen LogP) is 2.97. The number of carbonyl (C=O) groups is 2. The molecule has 0 radical (unpaired) electrons. The van der Waals surface area contributed by atoms with Crippen molar-refractivity contribution in [2.24, 2.45) is 0 Å². The van der Waals surface area contributed by atoms with E-state index in [1.807, 2.05) is 56.3 Å². The van der Waals surface area contributed by atoms with E-state index in [0.717, 1.165) is 35.5 Å². The first-order valence-electron chi connectivity index (χ1n) is 9.85. The highest BCUT2D eigenvalue weighted by Crippen LogP contribution is 2.25. The Morgan fingerprint density at radius 2 is 1.60 bits per heavy atom. The minimum atomic E-state index is -0.483. The number of anilines is 2. The smallest absolute Gasteiger partial charge is 0.270 e. The minimum absolute atomic E-state index is 0.0573. The first-order valence-corrected chi connectivity index (χ1v) is 10.3. The Kier molecular flexibility index (Phi) is 5.65. The van der Waals surface area contributed by atoms with E-state index in [0.29, 0.717) is 18.9 Å². The van der Waals surface area contributed by atoms with E-state index >= 15 is 0 Å². The van der Waals surface area contributed by atoms with E-state index in [1.54, 1.807) is 6.08 Å². The minimum Gasteiger partial charge on any atom is -0.378 e. The van der Waals surface area contributed by atoms with Gasteiger partial charge in [-0.2, -0.15) is 0 Å². The number of morpholine rings is 1. The van der Waals surface area contributed by atoms with E-state index in [-0.39, 0.29) is 10.7 Å². The molecule has 2 fully saturated rings. The molecular weight excluding hydrogens is 398 g/mol. The molecule has 0 atom stereocenters. The molecule has 6 nitrogen and oxygen atoms in total. The average molecular weight is 422 g/mol. The van der Waals surface area contributed by atoms with Crippen molar-refractivity contribution in [2.75, 3.05) is 36.1 Å². The van der Waals surface area contributed by atoms with Crippen LogP contribution in [0.25, 0.3) is 6.08 Å². The lowest BCUT2D eigenvalue weighted by Gasteiger charge is -2.29. The van der Waals surface area contributed by atoms with Crippen LogP contribution in [0.15, 0.2) is 48.0 Å². The predicted molar refractivity (Wildman–Crippen MR) is 122 cm³/mol. The maximum atomic E-state index is 13.2. The second kappa shape index (κ2) is 8.38. The molecule has 0 saturated carbocycles. The first-order chi connectivity index (χ1) is 14.4. The van der Waals surface area contributed by atoms with E-state index in [9.17, 15) is 9.59 Å². The third kappa shape index (κ3) is 4.13. The Labute approximate surface area is 181 Å². The van der Waals surface area contributed by atoms with Crippen LogP contribution in [0, 0.1) is 13.8 Å². The number of benzene rings is 2. The molecule has 30 heavy (non-hydrogen) atoms. The summed E-state index contributed by atoms with van der Waals surface area (Å²) in [6.45, 7) is 7.05. The number of ether oxygens (including phenoxy) is 1. The number of nitrogens with one attached hydrogen (secondary N) is 1. The summed E-state index contributed by atoms with van der Waals surface area (Å²) >= 11 is 5.29. The molecule has 7 heteroatoms. The van der Waals surface area contributed by atoms with Gasteiger partial charge in [-0.15, -0.1) is 0 Å². The standard InChI is InChI=1S/C23H23N3O3S/c1-15-11-16(2)13-19(12-15)26-22(28)20(21(27)24-23(26)30)14-17-3-5-18(6-4-17)25-7-9-29-10-8-25/h3-6,11-14H,7-10H2,1-2H3,(H,24,27,30)/b20-14+. The number of nitrogens with zero attached hydrogens (tertiary/aromatic N) is 2. The molecular formula is C23H23N3O3S. The number of hydrogen-bond acceptors (Lipinski definition) is 5. The lowest BCUT2D eigenvalue weighted by molar-refractivity contribution is -0.122. The van der Waals surface area contributed by atoms with Gasteiger partial charge in [0.15, 0.2) is 5.11 Å². The van der Waals surface area contributed by atoms with Crippen LogP contribution in [0.3, 0.4) is 0 Å². The summed E-state index contributed by atoms with van der Waals surface area (Å²) in [6.07, 6.45) is 1.61. The summed E-state index contributed by atoms with van der Waals surface area (Å²) in [5, 5.41) is 2.73. The van der Waals surface area contributed by atoms with Crippen molar-refractivity contribution < 1.29 is 14.3 Å². The normalized spacial score (nSPS) is 18.7. The van der Waals surface area contributed by atoms with Crippen molar-refractivity contribution in [3.05, 3.63) is 64.7 Å². The Morgan fingerprint density at radius 1 is 0.967 bits per heavy atom. The second-order valence-electron chi connectivity index (χ2n) is 7.49. The van der Waals surface area contributed by atoms with Crippen molar-refractivity contribution >= 4 is 46.6 Å². The van der Waals surface area contributed by atoms with Gasteiger partial charge in [0.2, 0.25) is 0 Å². The molecule has 0 bridgehead atoms. The van der Waals surface area contributed by atoms with Crippen LogP contribution in [-0.4, -0.2) is 43.2 Å². The highest BCUT2D eigenvalue weighted by Gasteiger charge is 2.34. The van der Waals surface area contributed by atoms with E-state index in [1.165, 1.54) is 4.90 Å². The number of aryl methyl sites for hydroxylation is 2. The molecule has 2 aromatic carbocycles. The van der Waals surface area contributed by atoms with Crippen molar-refractivity contribution in [1.82, 2.24) is 5.32 Å². The molecule has 0 unspecified atom stereocenters. The molecule has 1 N–H and O–H groups in total. The molecule has 2 amide bonds.